The Morgan fingerprint density at radius 1 is 0.952 bits per heavy atom. The molecular weight excluding hydrogens is 270 g/mol. The predicted octanol–water partition coefficient (Wildman–Crippen LogP) is 2.03. The lowest BCUT2D eigenvalue weighted by molar-refractivity contribution is -0.115. The number of esters is 1. The molecule has 0 N–H and O–H groups in total. The maximum atomic E-state index is 11.9. The van der Waals surface area contributed by atoms with E-state index >= 15 is 0 Å². The van der Waals surface area contributed by atoms with Crippen LogP contribution >= 0.6 is 0 Å². The van der Waals surface area contributed by atoms with Crippen LogP contribution in [0.2, 0.25) is 0 Å². The van der Waals surface area contributed by atoms with Crippen molar-refractivity contribution in [3.8, 4) is 0 Å². The van der Waals surface area contributed by atoms with Crippen molar-refractivity contribution >= 4 is 23.3 Å². The number of ether oxygens (including phenoxy) is 1. The summed E-state index contributed by atoms with van der Waals surface area (Å²) < 4.78 is 5.10. The molecule has 1 amide bonds. The highest BCUT2D eigenvalue weighted by atomic mass is 16.5. The van der Waals surface area contributed by atoms with Gasteiger partial charge in [0.25, 0.3) is 5.78 Å². The van der Waals surface area contributed by atoms with E-state index in [0.717, 1.165) is 0 Å². The van der Waals surface area contributed by atoms with Gasteiger partial charge in [-0.25, -0.2) is 4.79 Å². The Kier molecular flexibility index (Phi) is 3.23. The molecule has 0 atom stereocenters. The van der Waals surface area contributed by atoms with E-state index in [4.69, 9.17) is 4.74 Å². The van der Waals surface area contributed by atoms with Crippen LogP contribution in [0.4, 0.5) is 5.69 Å². The Morgan fingerprint density at radius 3 is 2.38 bits per heavy atom. The number of carbonyl (C=O) groups excluding carboxylic acids is 3. The number of hydrogen-bond donors (Lipinski definition) is 0. The minimum Gasteiger partial charge on any atom is -0.440 e. The van der Waals surface area contributed by atoms with Gasteiger partial charge in [0.15, 0.2) is 6.73 Å². The highest BCUT2D eigenvalue weighted by Crippen LogP contribution is 2.28. The molecule has 0 bridgehead atoms. The Morgan fingerprint density at radius 2 is 1.62 bits per heavy atom. The zero-order chi connectivity index (χ0) is 14.8. The SMILES string of the molecule is O=C(OCN1C(=O)C(=O)c2ccccc21)c1ccccc1. The van der Waals surface area contributed by atoms with E-state index in [1.807, 2.05) is 0 Å². The molecule has 104 valence electrons. The third-order valence-electron chi connectivity index (χ3n) is 3.21. The molecule has 5 nitrogen and oxygen atoms in total. The molecule has 0 aliphatic carbocycles. The second-order valence-corrected chi connectivity index (χ2v) is 4.51. The van der Waals surface area contributed by atoms with Gasteiger partial charge in [-0.1, -0.05) is 30.3 Å². The molecule has 1 aliphatic rings. The molecule has 0 unspecified atom stereocenters. The van der Waals surface area contributed by atoms with Gasteiger partial charge in [-0.2, -0.15) is 0 Å². The quantitative estimate of drug-likeness (QED) is 0.638. The highest BCUT2D eigenvalue weighted by molar-refractivity contribution is 6.52. The van der Waals surface area contributed by atoms with Crippen LogP contribution in [0, 0.1) is 0 Å². The summed E-state index contributed by atoms with van der Waals surface area (Å²) in [6.07, 6.45) is 0. The van der Waals surface area contributed by atoms with Crippen molar-refractivity contribution in [2.45, 2.75) is 0 Å². The second-order valence-electron chi connectivity index (χ2n) is 4.51. The number of ketones is 1. The third-order valence-corrected chi connectivity index (χ3v) is 3.21. The fourth-order valence-electron chi connectivity index (χ4n) is 2.16. The van der Waals surface area contributed by atoms with Gasteiger partial charge in [0.05, 0.1) is 16.8 Å². The summed E-state index contributed by atoms with van der Waals surface area (Å²) in [6, 6.07) is 15.1. The summed E-state index contributed by atoms with van der Waals surface area (Å²) in [7, 11) is 0. The molecule has 1 heterocycles. The normalized spacial score (nSPS) is 13.2. The zero-order valence-corrected chi connectivity index (χ0v) is 11.0. The molecule has 2 aromatic carbocycles. The van der Waals surface area contributed by atoms with Gasteiger partial charge in [-0.05, 0) is 24.3 Å². The number of Topliss-reactive ketones (excluding diaryl/α,β-unsaturated/α-hetero) is 1. The molecule has 0 spiro atoms. The van der Waals surface area contributed by atoms with Crippen molar-refractivity contribution in [3.63, 3.8) is 0 Å². The van der Waals surface area contributed by atoms with Gasteiger partial charge in [0.1, 0.15) is 0 Å². The maximum Gasteiger partial charge on any atom is 0.339 e. The number of anilines is 1. The lowest BCUT2D eigenvalue weighted by Gasteiger charge is -2.16. The molecule has 0 fully saturated rings. The summed E-state index contributed by atoms with van der Waals surface area (Å²) in [5, 5.41) is 0. The van der Waals surface area contributed by atoms with Gasteiger partial charge in [0, 0.05) is 0 Å². The number of benzene rings is 2. The first-order valence-electron chi connectivity index (χ1n) is 6.36. The van der Waals surface area contributed by atoms with Crippen LogP contribution in [0.25, 0.3) is 0 Å². The number of carbonyl (C=O) groups is 3. The van der Waals surface area contributed by atoms with Gasteiger partial charge >= 0.3 is 11.9 Å². The molecule has 0 radical (unpaired) electrons. The largest absolute Gasteiger partial charge is 0.440 e. The number of hydrogen-bond acceptors (Lipinski definition) is 4. The van der Waals surface area contributed by atoms with Gasteiger partial charge in [0.2, 0.25) is 0 Å². The minimum absolute atomic E-state index is 0.282. The molecule has 0 saturated carbocycles. The van der Waals surface area contributed by atoms with E-state index in [9.17, 15) is 14.4 Å². The first kappa shape index (κ1) is 13.1. The first-order chi connectivity index (χ1) is 10.2. The lowest BCUT2D eigenvalue weighted by atomic mass is 10.1. The smallest absolute Gasteiger partial charge is 0.339 e. The standard InChI is InChI=1S/C16H11NO4/c18-14-12-8-4-5-9-13(12)17(15(14)19)10-21-16(20)11-6-2-1-3-7-11/h1-9H,10H2. The average Bonchev–Trinajstić information content (AvgIpc) is 2.78. The fourth-order valence-corrected chi connectivity index (χ4v) is 2.16. The van der Waals surface area contributed by atoms with Crippen LogP contribution in [0.15, 0.2) is 54.6 Å². The number of rotatable bonds is 3. The van der Waals surface area contributed by atoms with Gasteiger partial charge in [-0.3, -0.25) is 14.5 Å². The number of fused-ring (bicyclic) bond motifs is 1. The molecule has 5 heteroatoms. The second kappa shape index (κ2) is 5.20. The maximum absolute atomic E-state index is 11.9. The summed E-state index contributed by atoms with van der Waals surface area (Å²) in [4.78, 5) is 36.7. The van der Waals surface area contributed by atoms with Crippen molar-refractivity contribution in [1.82, 2.24) is 0 Å². The summed E-state index contributed by atoms with van der Waals surface area (Å²) in [5.74, 6) is -1.81. The zero-order valence-electron chi connectivity index (χ0n) is 11.0. The molecule has 3 rings (SSSR count). The molecule has 0 saturated heterocycles. The highest BCUT2D eigenvalue weighted by Gasteiger charge is 2.35. The van der Waals surface area contributed by atoms with E-state index in [-0.39, 0.29) is 6.73 Å². The summed E-state index contributed by atoms with van der Waals surface area (Å²) in [5.41, 5.74) is 1.19. The Labute approximate surface area is 120 Å². The van der Waals surface area contributed by atoms with E-state index in [1.54, 1.807) is 54.6 Å². The van der Waals surface area contributed by atoms with Crippen LogP contribution in [0.3, 0.4) is 0 Å². The summed E-state index contributed by atoms with van der Waals surface area (Å²) in [6.45, 7) is -0.282. The Hall–Kier alpha value is -2.95. The van der Waals surface area contributed by atoms with Crippen molar-refractivity contribution in [2.75, 3.05) is 11.6 Å². The van der Waals surface area contributed by atoms with Crippen LogP contribution in [-0.2, 0) is 9.53 Å². The van der Waals surface area contributed by atoms with Crippen molar-refractivity contribution in [2.24, 2.45) is 0 Å². The molecular formula is C16H11NO4. The van der Waals surface area contributed by atoms with E-state index < -0.39 is 17.7 Å². The molecule has 2 aromatic rings. The van der Waals surface area contributed by atoms with Gasteiger partial charge < -0.3 is 4.74 Å². The number of para-hydroxylation sites is 1. The van der Waals surface area contributed by atoms with Crippen LogP contribution < -0.4 is 4.90 Å². The van der Waals surface area contributed by atoms with Crippen molar-refractivity contribution < 1.29 is 19.1 Å². The molecule has 1 aliphatic heterocycles. The Balaban J connectivity index is 1.76. The molecule has 0 aromatic heterocycles. The van der Waals surface area contributed by atoms with E-state index in [2.05, 4.69) is 0 Å². The van der Waals surface area contributed by atoms with Crippen LogP contribution in [-0.4, -0.2) is 24.4 Å². The minimum atomic E-state index is -0.683. The van der Waals surface area contributed by atoms with Crippen LogP contribution in [0.5, 0.6) is 0 Å². The Bertz CT molecular complexity index is 724. The topological polar surface area (TPSA) is 63.7 Å². The average molecular weight is 281 g/mol. The van der Waals surface area contributed by atoms with Crippen LogP contribution in [0.1, 0.15) is 20.7 Å². The monoisotopic (exact) mass is 281 g/mol. The fraction of sp³-hybridized carbons (Fsp3) is 0.0625. The number of amides is 1. The van der Waals surface area contributed by atoms with Crippen molar-refractivity contribution in [3.05, 3.63) is 65.7 Å². The van der Waals surface area contributed by atoms with E-state index in [0.29, 0.717) is 16.8 Å². The van der Waals surface area contributed by atoms with Crippen molar-refractivity contribution in [1.29, 1.82) is 0 Å². The molecule has 21 heavy (non-hydrogen) atoms. The predicted molar refractivity (Wildman–Crippen MR) is 75.0 cm³/mol. The number of nitrogens with zero attached hydrogens (tertiary/aromatic N) is 1. The first-order valence-corrected chi connectivity index (χ1v) is 6.36. The summed E-state index contributed by atoms with van der Waals surface area (Å²) >= 11 is 0. The third kappa shape index (κ3) is 2.29. The van der Waals surface area contributed by atoms with E-state index in [1.165, 1.54) is 4.90 Å². The lowest BCUT2D eigenvalue weighted by Crippen LogP contribution is -2.33. The van der Waals surface area contributed by atoms with Gasteiger partial charge in [-0.15, -0.1) is 0 Å².